The van der Waals surface area contributed by atoms with Gasteiger partial charge in [-0.15, -0.1) is 0 Å². The topological polar surface area (TPSA) is 102 Å². The van der Waals surface area contributed by atoms with Gasteiger partial charge in [-0.1, -0.05) is 60.7 Å². The number of hydrogen-bond acceptors (Lipinski definition) is 6. The summed E-state index contributed by atoms with van der Waals surface area (Å²) in [7, 11) is 5.76. The molecule has 0 spiro atoms. The van der Waals surface area contributed by atoms with Crippen molar-refractivity contribution in [3.63, 3.8) is 0 Å². The molecule has 2 fully saturated rings. The summed E-state index contributed by atoms with van der Waals surface area (Å²) in [5.41, 5.74) is -7.60. The molecule has 2 heterocycles. The van der Waals surface area contributed by atoms with E-state index in [1.807, 2.05) is 0 Å². The summed E-state index contributed by atoms with van der Waals surface area (Å²) < 4.78 is 181. The van der Waals surface area contributed by atoms with Crippen molar-refractivity contribution in [2.75, 3.05) is 41.5 Å². The molecule has 4 aromatic rings. The van der Waals surface area contributed by atoms with Crippen molar-refractivity contribution in [2.24, 2.45) is 0 Å². The largest absolute Gasteiger partial charge is 0.416 e. The van der Waals surface area contributed by atoms with Crippen LogP contribution >= 0.6 is 0 Å². The first-order valence-electron chi connectivity index (χ1n) is 19.7. The normalized spacial score (nSPS) is 22.4. The third kappa shape index (κ3) is 11.0. The Morgan fingerprint density at radius 2 is 0.788 bits per heavy atom. The number of amides is 4. The molecule has 6 atom stereocenters. The van der Waals surface area contributed by atoms with Gasteiger partial charge >= 0.3 is 36.8 Å². The van der Waals surface area contributed by atoms with Crippen LogP contribution in [0.1, 0.15) is 70.6 Å². The average molecular weight is 953 g/mol. The Hall–Kier alpha value is -5.58. The van der Waals surface area contributed by atoms with E-state index < -0.39 is 94.8 Å². The van der Waals surface area contributed by atoms with Crippen LogP contribution in [-0.4, -0.2) is 75.8 Å². The van der Waals surface area contributed by atoms with Gasteiger partial charge in [-0.2, -0.15) is 52.7 Å². The maximum Gasteiger partial charge on any atom is 0.416 e. The zero-order valence-corrected chi connectivity index (χ0v) is 35.8. The number of carbonyl (C=O) groups excluding carboxylic acids is 2. The second-order valence-electron chi connectivity index (χ2n) is 15.5. The molecule has 6 rings (SSSR count). The van der Waals surface area contributed by atoms with Crippen LogP contribution < -0.4 is 10.6 Å². The zero-order valence-electron chi connectivity index (χ0n) is 35.8. The molecule has 2 saturated heterocycles. The van der Waals surface area contributed by atoms with Crippen molar-refractivity contribution in [1.82, 2.24) is 20.4 Å². The number of nitrogens with one attached hydrogen (secondary N) is 2. The zero-order chi connectivity index (χ0) is 49.2. The molecule has 0 aromatic heterocycles. The van der Waals surface area contributed by atoms with Gasteiger partial charge in [0, 0.05) is 28.3 Å². The molecular weight excluding hydrogens is 908 g/mol. The highest BCUT2D eigenvalue weighted by molar-refractivity contribution is 5.79. The van der Waals surface area contributed by atoms with E-state index in [1.54, 1.807) is 60.7 Å². The molecule has 0 bridgehead atoms. The summed E-state index contributed by atoms with van der Waals surface area (Å²) in [5, 5.41) is 5.58. The number of methoxy groups -OCH3 is 2. The van der Waals surface area contributed by atoms with E-state index in [-0.39, 0.29) is 36.5 Å². The molecule has 360 valence electrons. The molecule has 2 aliphatic rings. The predicted molar refractivity (Wildman–Crippen MR) is 212 cm³/mol. The molecule has 4 aromatic carbocycles. The van der Waals surface area contributed by atoms with E-state index in [4.69, 9.17) is 18.9 Å². The molecule has 0 radical (unpaired) electrons. The number of nitrogens with zero attached hydrogens (tertiary/aromatic N) is 2. The van der Waals surface area contributed by atoms with E-state index >= 15 is 0 Å². The lowest BCUT2D eigenvalue weighted by atomic mass is 9.89. The summed E-state index contributed by atoms with van der Waals surface area (Å²) in [6.45, 7) is 2.14. The minimum atomic E-state index is -4.97. The van der Waals surface area contributed by atoms with Crippen LogP contribution in [0.2, 0.25) is 0 Å². The number of benzene rings is 4. The number of urea groups is 2. The van der Waals surface area contributed by atoms with Crippen molar-refractivity contribution in [2.45, 2.75) is 74.3 Å². The third-order valence-corrected chi connectivity index (χ3v) is 11.2. The molecule has 0 saturated carbocycles. The molecule has 2 aliphatic heterocycles. The van der Waals surface area contributed by atoms with Crippen LogP contribution in [0.15, 0.2) is 97.1 Å². The van der Waals surface area contributed by atoms with Crippen LogP contribution in [0.3, 0.4) is 0 Å². The number of ether oxygens (including phenoxy) is 4. The van der Waals surface area contributed by atoms with Crippen LogP contribution in [0.25, 0.3) is 0 Å². The molecule has 0 aliphatic carbocycles. The Balaban J connectivity index is 0.000000247. The molecule has 2 N–H and O–H groups in total. The monoisotopic (exact) mass is 952 g/mol. The lowest BCUT2D eigenvalue weighted by molar-refractivity contribution is -0.145. The van der Waals surface area contributed by atoms with Gasteiger partial charge in [-0.05, 0) is 72.5 Å². The maximum absolute atomic E-state index is 13.2. The molecular formula is C44H44F12N4O6. The molecule has 10 nitrogen and oxygen atoms in total. The van der Waals surface area contributed by atoms with Crippen molar-refractivity contribution in [1.29, 1.82) is 0 Å². The van der Waals surface area contributed by atoms with Gasteiger partial charge in [0.15, 0.2) is 12.5 Å². The van der Waals surface area contributed by atoms with Crippen LogP contribution in [0, 0.1) is 0 Å². The lowest BCUT2D eigenvalue weighted by Crippen LogP contribution is -2.51. The summed E-state index contributed by atoms with van der Waals surface area (Å²) in [6, 6.07) is 18.9. The Morgan fingerprint density at radius 3 is 1.03 bits per heavy atom. The first-order valence-corrected chi connectivity index (χ1v) is 19.7. The predicted octanol–water partition coefficient (Wildman–Crippen LogP) is 10.6. The Labute approximate surface area is 370 Å². The summed E-state index contributed by atoms with van der Waals surface area (Å²) in [4.78, 5) is 27.4. The van der Waals surface area contributed by atoms with Crippen LogP contribution in [0.5, 0.6) is 0 Å². The lowest BCUT2D eigenvalue weighted by Gasteiger charge is -2.36. The van der Waals surface area contributed by atoms with E-state index in [0.29, 0.717) is 35.4 Å². The summed E-state index contributed by atoms with van der Waals surface area (Å²) >= 11 is 0. The average Bonchev–Trinajstić information content (AvgIpc) is 3.67. The standard InChI is InChI=1S/2C22H22F6N2O3/c2*1-13(14-9-16(21(23,24)25)11-17(10-14)22(26,27)28)33-12-20(15-7-5-4-6-8-15)18(32-3)30(2)19(31)29-20/h2*4-11,13,18H,12H2,1-3H3,(H,29,31)/t13-,18+,20-;13-,18-,20-/m11/s1. The van der Waals surface area contributed by atoms with E-state index in [0.717, 1.165) is 0 Å². The quantitative estimate of drug-likeness (QED) is 0.137. The molecule has 0 unspecified atom stereocenters. The van der Waals surface area contributed by atoms with Crippen molar-refractivity contribution < 1.29 is 81.2 Å². The Bertz CT molecular complexity index is 2090. The van der Waals surface area contributed by atoms with Gasteiger partial charge in [-0.25, -0.2) is 9.59 Å². The van der Waals surface area contributed by atoms with Gasteiger partial charge in [-0.3, -0.25) is 9.80 Å². The van der Waals surface area contributed by atoms with Gasteiger partial charge in [0.05, 0.1) is 47.7 Å². The number of likely N-dealkylation sites (N-methyl/N-ethyl adjacent to an activating group) is 2. The minimum Gasteiger partial charge on any atom is -0.371 e. The highest BCUT2D eigenvalue weighted by Gasteiger charge is 2.54. The fourth-order valence-corrected chi connectivity index (χ4v) is 7.69. The van der Waals surface area contributed by atoms with Crippen molar-refractivity contribution in [3.8, 4) is 0 Å². The number of halogens is 12. The molecule has 22 heteroatoms. The van der Waals surface area contributed by atoms with E-state index in [9.17, 15) is 62.3 Å². The van der Waals surface area contributed by atoms with E-state index in [2.05, 4.69) is 10.6 Å². The Morgan fingerprint density at radius 1 is 0.515 bits per heavy atom. The first-order chi connectivity index (χ1) is 30.6. The highest BCUT2D eigenvalue weighted by atomic mass is 19.4. The number of hydrogen-bond donors (Lipinski definition) is 2. The van der Waals surface area contributed by atoms with Gasteiger partial charge in [0.25, 0.3) is 0 Å². The SMILES string of the molecule is CO[C@@H]1N(C)C(=O)N[C@]1(CO[C@H](C)c1cc(C(F)(F)F)cc(C(F)(F)F)c1)c1ccccc1.CO[C@H]1N(C)C(=O)N[C@]1(CO[C@H](C)c1cc(C(F)(F)F)cc(C(F)(F)F)c1)c1ccccc1. The fourth-order valence-electron chi connectivity index (χ4n) is 7.69. The van der Waals surface area contributed by atoms with E-state index in [1.165, 1.54) is 52.0 Å². The summed E-state index contributed by atoms with van der Waals surface area (Å²) in [6.07, 6.45) is -23.9. The second kappa shape index (κ2) is 19.3. The minimum absolute atomic E-state index is 0.0643. The first kappa shape index (κ1) is 51.4. The Kier molecular flexibility index (Phi) is 15.1. The van der Waals surface area contributed by atoms with Gasteiger partial charge in [0.1, 0.15) is 11.1 Å². The highest BCUT2D eigenvalue weighted by Crippen LogP contribution is 2.42. The van der Waals surface area contributed by atoms with Gasteiger partial charge < -0.3 is 29.6 Å². The smallest absolute Gasteiger partial charge is 0.371 e. The number of rotatable bonds is 12. The second-order valence-corrected chi connectivity index (χ2v) is 15.5. The van der Waals surface area contributed by atoms with Crippen LogP contribution in [-0.2, 0) is 54.7 Å². The summed E-state index contributed by atoms with van der Waals surface area (Å²) in [5.74, 6) is 0. The van der Waals surface area contributed by atoms with Crippen LogP contribution in [0.4, 0.5) is 62.3 Å². The third-order valence-electron chi connectivity index (χ3n) is 11.2. The van der Waals surface area contributed by atoms with Crippen molar-refractivity contribution >= 4 is 12.1 Å². The number of carbonyl (C=O) groups is 2. The number of alkyl halides is 12. The molecule has 66 heavy (non-hydrogen) atoms. The fraction of sp³-hybridized carbons (Fsp3) is 0.409. The molecule has 4 amide bonds. The van der Waals surface area contributed by atoms with Crippen molar-refractivity contribution in [3.05, 3.63) is 142 Å². The maximum atomic E-state index is 13.2. The van der Waals surface area contributed by atoms with Gasteiger partial charge in [0.2, 0.25) is 0 Å².